The molecule has 2 amide bonds. The molecular weight excluding hydrogens is 299 g/mol. The van der Waals surface area contributed by atoms with E-state index >= 15 is 0 Å². The predicted molar refractivity (Wildman–Crippen MR) is 83.4 cm³/mol. The molecule has 1 aromatic carbocycles. The van der Waals surface area contributed by atoms with Gasteiger partial charge in [-0.3, -0.25) is 9.59 Å². The van der Waals surface area contributed by atoms with Gasteiger partial charge in [-0.1, -0.05) is 6.07 Å². The smallest absolute Gasteiger partial charge is 0.228 e. The van der Waals surface area contributed by atoms with Gasteiger partial charge in [0.05, 0.1) is 18.2 Å². The molecule has 23 heavy (non-hydrogen) atoms. The molecule has 124 valence electrons. The standard InChI is InChI=1S/C17H21FN2O3/c1-11-2-5-15(14(18)8-11)20-10-12(9-16(20)22)17(23)19(6-7-21)13-3-4-13/h2,5,8,12-13,21H,3-4,6-7,9-10H2,1H3. The molecule has 6 heteroatoms. The Hall–Kier alpha value is -1.95. The van der Waals surface area contributed by atoms with E-state index in [2.05, 4.69) is 0 Å². The number of hydrogen-bond acceptors (Lipinski definition) is 3. The Kier molecular flexibility index (Phi) is 4.35. The van der Waals surface area contributed by atoms with E-state index in [0.717, 1.165) is 18.4 Å². The summed E-state index contributed by atoms with van der Waals surface area (Å²) < 4.78 is 14.1. The molecule has 0 spiro atoms. The third kappa shape index (κ3) is 3.22. The number of benzene rings is 1. The number of aliphatic hydroxyl groups excluding tert-OH is 1. The lowest BCUT2D eigenvalue weighted by atomic mass is 10.1. The molecule has 3 rings (SSSR count). The zero-order valence-corrected chi connectivity index (χ0v) is 13.2. The fourth-order valence-electron chi connectivity index (χ4n) is 3.14. The van der Waals surface area contributed by atoms with Crippen LogP contribution < -0.4 is 4.90 Å². The van der Waals surface area contributed by atoms with Crippen molar-refractivity contribution in [3.8, 4) is 0 Å². The maximum Gasteiger partial charge on any atom is 0.228 e. The summed E-state index contributed by atoms with van der Waals surface area (Å²) in [5.41, 5.74) is 1.02. The highest BCUT2D eigenvalue weighted by Gasteiger charge is 2.41. The molecule has 0 bridgehead atoms. The fourth-order valence-corrected chi connectivity index (χ4v) is 3.14. The summed E-state index contributed by atoms with van der Waals surface area (Å²) in [5.74, 6) is -1.24. The van der Waals surface area contributed by atoms with Crippen molar-refractivity contribution in [2.45, 2.75) is 32.2 Å². The van der Waals surface area contributed by atoms with Crippen LogP contribution in [0, 0.1) is 18.7 Å². The van der Waals surface area contributed by atoms with Crippen molar-refractivity contribution in [3.05, 3.63) is 29.6 Å². The molecule has 2 fully saturated rings. The number of aryl methyl sites for hydroxylation is 1. The van der Waals surface area contributed by atoms with Gasteiger partial charge in [-0.25, -0.2) is 4.39 Å². The zero-order chi connectivity index (χ0) is 16.6. The van der Waals surface area contributed by atoms with Crippen LogP contribution in [-0.4, -0.2) is 47.6 Å². The van der Waals surface area contributed by atoms with Crippen LogP contribution in [0.5, 0.6) is 0 Å². The molecule has 1 atom stereocenters. The van der Waals surface area contributed by atoms with Gasteiger partial charge in [0.2, 0.25) is 11.8 Å². The highest BCUT2D eigenvalue weighted by molar-refractivity contribution is 6.00. The van der Waals surface area contributed by atoms with E-state index in [9.17, 15) is 14.0 Å². The monoisotopic (exact) mass is 320 g/mol. The second-order valence-corrected chi connectivity index (χ2v) is 6.35. The Balaban J connectivity index is 1.75. The topological polar surface area (TPSA) is 60.9 Å². The molecule has 1 heterocycles. The minimum absolute atomic E-state index is 0.0841. The molecule has 1 saturated heterocycles. The Labute approximate surface area is 134 Å². The van der Waals surface area contributed by atoms with E-state index in [0.29, 0.717) is 6.54 Å². The number of nitrogens with zero attached hydrogens (tertiary/aromatic N) is 2. The maximum atomic E-state index is 14.1. The van der Waals surface area contributed by atoms with Crippen LogP contribution in [0.1, 0.15) is 24.8 Å². The summed E-state index contributed by atoms with van der Waals surface area (Å²) in [6.45, 7) is 2.20. The first-order valence-corrected chi connectivity index (χ1v) is 7.99. The Morgan fingerprint density at radius 2 is 2.17 bits per heavy atom. The molecule has 1 saturated carbocycles. The quantitative estimate of drug-likeness (QED) is 0.894. The van der Waals surface area contributed by atoms with E-state index in [-0.39, 0.29) is 43.1 Å². The molecule has 1 N–H and O–H groups in total. The Morgan fingerprint density at radius 3 is 2.78 bits per heavy atom. The fraction of sp³-hybridized carbons (Fsp3) is 0.529. The maximum absolute atomic E-state index is 14.1. The largest absolute Gasteiger partial charge is 0.395 e. The lowest BCUT2D eigenvalue weighted by molar-refractivity contribution is -0.136. The molecular formula is C17H21FN2O3. The summed E-state index contributed by atoms with van der Waals surface area (Å²) in [4.78, 5) is 27.9. The summed E-state index contributed by atoms with van der Waals surface area (Å²) in [6.07, 6.45) is 1.99. The van der Waals surface area contributed by atoms with Crippen LogP contribution in [0.3, 0.4) is 0 Å². The van der Waals surface area contributed by atoms with Gasteiger partial charge >= 0.3 is 0 Å². The van der Waals surface area contributed by atoms with Crippen LogP contribution in [0.4, 0.5) is 10.1 Å². The number of rotatable bonds is 5. The zero-order valence-electron chi connectivity index (χ0n) is 13.2. The predicted octanol–water partition coefficient (Wildman–Crippen LogP) is 1.47. The number of halogens is 1. The van der Waals surface area contributed by atoms with Gasteiger partial charge in [-0.05, 0) is 37.5 Å². The van der Waals surface area contributed by atoms with Crippen molar-refractivity contribution in [2.75, 3.05) is 24.6 Å². The lowest BCUT2D eigenvalue weighted by Gasteiger charge is -2.24. The first-order valence-electron chi connectivity index (χ1n) is 7.99. The normalized spacial score (nSPS) is 20.9. The van der Waals surface area contributed by atoms with Gasteiger partial charge in [0, 0.05) is 25.6 Å². The number of amides is 2. The van der Waals surface area contributed by atoms with Gasteiger partial charge in [0.1, 0.15) is 5.82 Å². The summed E-state index contributed by atoms with van der Waals surface area (Å²) in [7, 11) is 0. The number of carbonyl (C=O) groups excluding carboxylic acids is 2. The van der Waals surface area contributed by atoms with E-state index in [1.807, 2.05) is 0 Å². The average Bonchev–Trinajstić information content (AvgIpc) is 3.27. The molecule has 5 nitrogen and oxygen atoms in total. The van der Waals surface area contributed by atoms with Crippen molar-refractivity contribution in [2.24, 2.45) is 5.92 Å². The number of aliphatic hydroxyl groups is 1. The Morgan fingerprint density at radius 1 is 1.43 bits per heavy atom. The van der Waals surface area contributed by atoms with Gasteiger partial charge < -0.3 is 14.9 Å². The van der Waals surface area contributed by atoms with Crippen molar-refractivity contribution in [1.82, 2.24) is 4.90 Å². The SMILES string of the molecule is Cc1ccc(N2CC(C(=O)N(CCO)C3CC3)CC2=O)c(F)c1. The van der Waals surface area contributed by atoms with Crippen LogP contribution >= 0.6 is 0 Å². The van der Waals surface area contributed by atoms with E-state index in [1.165, 1.54) is 11.0 Å². The number of hydrogen-bond donors (Lipinski definition) is 1. The van der Waals surface area contributed by atoms with E-state index in [4.69, 9.17) is 5.11 Å². The summed E-state index contributed by atoms with van der Waals surface area (Å²) in [5, 5.41) is 9.13. The molecule has 0 aromatic heterocycles. The highest BCUT2D eigenvalue weighted by atomic mass is 19.1. The Bertz CT molecular complexity index is 630. The van der Waals surface area contributed by atoms with E-state index in [1.54, 1.807) is 24.0 Å². The van der Waals surface area contributed by atoms with Crippen molar-refractivity contribution in [1.29, 1.82) is 0 Å². The highest BCUT2D eigenvalue weighted by Crippen LogP contribution is 2.32. The summed E-state index contributed by atoms with van der Waals surface area (Å²) >= 11 is 0. The molecule has 1 aromatic rings. The van der Waals surface area contributed by atoms with Crippen molar-refractivity contribution >= 4 is 17.5 Å². The molecule has 1 aliphatic heterocycles. The third-order valence-corrected chi connectivity index (χ3v) is 4.48. The molecule has 1 unspecified atom stereocenters. The number of anilines is 1. The van der Waals surface area contributed by atoms with Crippen LogP contribution in [-0.2, 0) is 9.59 Å². The summed E-state index contributed by atoms with van der Waals surface area (Å²) in [6, 6.07) is 4.92. The first-order chi connectivity index (χ1) is 11.0. The van der Waals surface area contributed by atoms with E-state index < -0.39 is 11.7 Å². The molecule has 1 aliphatic carbocycles. The second kappa shape index (κ2) is 6.28. The number of carbonyl (C=O) groups is 2. The van der Waals surface area contributed by atoms with Crippen LogP contribution in [0.25, 0.3) is 0 Å². The van der Waals surface area contributed by atoms with Gasteiger partial charge in [0.25, 0.3) is 0 Å². The minimum atomic E-state index is -0.463. The van der Waals surface area contributed by atoms with Gasteiger partial charge in [-0.2, -0.15) is 0 Å². The van der Waals surface area contributed by atoms with Crippen molar-refractivity contribution in [3.63, 3.8) is 0 Å². The first kappa shape index (κ1) is 15.9. The molecule has 0 radical (unpaired) electrons. The lowest BCUT2D eigenvalue weighted by Crippen LogP contribution is -2.40. The van der Waals surface area contributed by atoms with Gasteiger partial charge in [-0.15, -0.1) is 0 Å². The average molecular weight is 320 g/mol. The van der Waals surface area contributed by atoms with Gasteiger partial charge in [0.15, 0.2) is 0 Å². The third-order valence-electron chi connectivity index (χ3n) is 4.48. The van der Waals surface area contributed by atoms with Crippen LogP contribution in [0.2, 0.25) is 0 Å². The minimum Gasteiger partial charge on any atom is -0.395 e. The second-order valence-electron chi connectivity index (χ2n) is 6.35. The van der Waals surface area contributed by atoms with Crippen LogP contribution in [0.15, 0.2) is 18.2 Å². The molecule has 2 aliphatic rings. The van der Waals surface area contributed by atoms with Crippen molar-refractivity contribution < 1.29 is 19.1 Å².